The van der Waals surface area contributed by atoms with Crippen LogP contribution in [0.3, 0.4) is 0 Å². The molecule has 1 unspecified atom stereocenters. The molecule has 0 aliphatic carbocycles. The summed E-state index contributed by atoms with van der Waals surface area (Å²) in [6.07, 6.45) is 0.765. The standard InChI is InChI=1S/C13H17F2NO/c1-13(14,15)11-4-2-3-10(7-11)8-12-9-16-5-6-17-12/h2-4,7,12,16H,5-6,8-9H2,1H3. The first-order valence-corrected chi connectivity index (χ1v) is 5.85. The van der Waals surface area contributed by atoms with Crippen LogP contribution in [0.5, 0.6) is 0 Å². The predicted molar refractivity (Wildman–Crippen MR) is 62.3 cm³/mol. The van der Waals surface area contributed by atoms with Crippen LogP contribution in [0.15, 0.2) is 24.3 Å². The molecule has 94 valence electrons. The highest BCUT2D eigenvalue weighted by Crippen LogP contribution is 2.27. The lowest BCUT2D eigenvalue weighted by atomic mass is 10.0. The Hall–Kier alpha value is -1.00. The van der Waals surface area contributed by atoms with Gasteiger partial charge in [-0.1, -0.05) is 18.2 Å². The molecule has 0 spiro atoms. The van der Waals surface area contributed by atoms with E-state index in [1.807, 2.05) is 6.07 Å². The van der Waals surface area contributed by atoms with Crippen LogP contribution in [0.2, 0.25) is 0 Å². The lowest BCUT2D eigenvalue weighted by Gasteiger charge is -2.24. The van der Waals surface area contributed by atoms with Crippen molar-refractivity contribution >= 4 is 0 Å². The summed E-state index contributed by atoms with van der Waals surface area (Å²) in [6, 6.07) is 6.58. The Balaban J connectivity index is 2.05. The van der Waals surface area contributed by atoms with Crippen LogP contribution in [0.1, 0.15) is 18.1 Å². The van der Waals surface area contributed by atoms with E-state index < -0.39 is 5.92 Å². The van der Waals surface area contributed by atoms with Crippen molar-refractivity contribution < 1.29 is 13.5 Å². The summed E-state index contributed by atoms with van der Waals surface area (Å²) in [5, 5.41) is 3.23. The fraction of sp³-hybridized carbons (Fsp3) is 0.538. The number of morpholine rings is 1. The van der Waals surface area contributed by atoms with Gasteiger partial charge < -0.3 is 10.1 Å². The maximum atomic E-state index is 13.2. The minimum atomic E-state index is -2.78. The summed E-state index contributed by atoms with van der Waals surface area (Å²) < 4.78 is 31.9. The van der Waals surface area contributed by atoms with Crippen molar-refractivity contribution in [2.24, 2.45) is 0 Å². The van der Waals surface area contributed by atoms with Gasteiger partial charge in [-0.15, -0.1) is 0 Å². The number of nitrogens with one attached hydrogen (secondary N) is 1. The highest BCUT2D eigenvalue weighted by atomic mass is 19.3. The van der Waals surface area contributed by atoms with Gasteiger partial charge >= 0.3 is 0 Å². The summed E-state index contributed by atoms with van der Waals surface area (Å²) >= 11 is 0. The molecule has 17 heavy (non-hydrogen) atoms. The summed E-state index contributed by atoms with van der Waals surface area (Å²) in [5.74, 6) is -2.78. The van der Waals surface area contributed by atoms with Gasteiger partial charge in [0.1, 0.15) is 0 Å². The molecule has 1 aliphatic heterocycles. The second kappa shape index (κ2) is 5.10. The molecule has 0 saturated carbocycles. The van der Waals surface area contributed by atoms with Crippen LogP contribution in [-0.4, -0.2) is 25.8 Å². The van der Waals surface area contributed by atoms with Crippen LogP contribution in [0.25, 0.3) is 0 Å². The third kappa shape index (κ3) is 3.48. The van der Waals surface area contributed by atoms with Crippen molar-refractivity contribution in [1.82, 2.24) is 5.32 Å². The molecule has 1 aliphatic rings. The molecule has 0 bridgehead atoms. The van der Waals surface area contributed by atoms with E-state index in [1.165, 1.54) is 6.07 Å². The van der Waals surface area contributed by atoms with Crippen LogP contribution in [0, 0.1) is 0 Å². The van der Waals surface area contributed by atoms with Crippen molar-refractivity contribution in [2.45, 2.75) is 25.4 Å². The van der Waals surface area contributed by atoms with Crippen molar-refractivity contribution in [3.8, 4) is 0 Å². The molecule has 1 aromatic rings. The molecule has 1 atom stereocenters. The first-order valence-electron chi connectivity index (χ1n) is 5.85. The Labute approximate surface area is 100.0 Å². The molecule has 0 aromatic heterocycles. The predicted octanol–water partition coefficient (Wildman–Crippen LogP) is 2.33. The van der Waals surface area contributed by atoms with E-state index in [2.05, 4.69) is 5.32 Å². The molecule has 4 heteroatoms. The minimum Gasteiger partial charge on any atom is -0.375 e. The number of hydrogen-bond acceptors (Lipinski definition) is 2. The molecule has 2 rings (SSSR count). The smallest absolute Gasteiger partial charge is 0.270 e. The van der Waals surface area contributed by atoms with Crippen LogP contribution in [0.4, 0.5) is 8.78 Å². The number of hydrogen-bond donors (Lipinski definition) is 1. The van der Waals surface area contributed by atoms with Gasteiger partial charge in [0.25, 0.3) is 5.92 Å². The highest BCUT2D eigenvalue weighted by Gasteiger charge is 2.24. The molecule has 2 nitrogen and oxygen atoms in total. The van der Waals surface area contributed by atoms with Gasteiger partial charge in [-0.05, 0) is 18.1 Å². The van der Waals surface area contributed by atoms with Gasteiger partial charge in [-0.25, -0.2) is 8.78 Å². The minimum absolute atomic E-state index is 0.0683. The molecule has 0 amide bonds. The van der Waals surface area contributed by atoms with Gasteiger partial charge in [0.05, 0.1) is 12.7 Å². The molecule has 0 radical (unpaired) electrons. The zero-order chi connectivity index (χ0) is 12.3. The molecule has 1 aromatic carbocycles. The third-order valence-corrected chi connectivity index (χ3v) is 2.90. The van der Waals surface area contributed by atoms with Gasteiger partial charge in [0, 0.05) is 25.6 Å². The Kier molecular flexibility index (Phi) is 3.74. The van der Waals surface area contributed by atoms with Crippen LogP contribution >= 0.6 is 0 Å². The maximum absolute atomic E-state index is 13.2. The largest absolute Gasteiger partial charge is 0.375 e. The number of halogens is 2. The molecule has 1 fully saturated rings. The Morgan fingerprint density at radius 2 is 2.29 bits per heavy atom. The second-order valence-corrected chi connectivity index (χ2v) is 4.49. The second-order valence-electron chi connectivity index (χ2n) is 4.49. The monoisotopic (exact) mass is 241 g/mol. The first-order chi connectivity index (χ1) is 8.05. The van der Waals surface area contributed by atoms with E-state index in [4.69, 9.17) is 4.74 Å². The van der Waals surface area contributed by atoms with Crippen molar-refractivity contribution in [3.63, 3.8) is 0 Å². The van der Waals surface area contributed by atoms with E-state index in [9.17, 15) is 8.78 Å². The van der Waals surface area contributed by atoms with Crippen molar-refractivity contribution in [3.05, 3.63) is 35.4 Å². The van der Waals surface area contributed by atoms with Gasteiger partial charge in [-0.2, -0.15) is 0 Å². The molecular formula is C13H17F2NO. The van der Waals surface area contributed by atoms with Crippen molar-refractivity contribution in [2.75, 3.05) is 19.7 Å². The fourth-order valence-corrected chi connectivity index (χ4v) is 1.99. The Bertz CT molecular complexity index is 370. The molecular weight excluding hydrogens is 224 g/mol. The molecule has 1 heterocycles. The number of ether oxygens (including phenoxy) is 1. The summed E-state index contributed by atoms with van der Waals surface area (Å²) in [6.45, 7) is 3.26. The van der Waals surface area contributed by atoms with Crippen LogP contribution in [-0.2, 0) is 17.1 Å². The number of alkyl halides is 2. The van der Waals surface area contributed by atoms with E-state index in [0.29, 0.717) is 13.0 Å². The Morgan fingerprint density at radius 3 is 2.94 bits per heavy atom. The van der Waals surface area contributed by atoms with E-state index in [0.717, 1.165) is 25.6 Å². The van der Waals surface area contributed by atoms with Crippen LogP contribution < -0.4 is 5.32 Å². The lowest BCUT2D eigenvalue weighted by Crippen LogP contribution is -2.39. The first kappa shape index (κ1) is 12.5. The van der Waals surface area contributed by atoms with E-state index >= 15 is 0 Å². The zero-order valence-electron chi connectivity index (χ0n) is 9.88. The SMILES string of the molecule is CC(F)(F)c1cccc(CC2CNCCO2)c1. The zero-order valence-corrected chi connectivity index (χ0v) is 9.88. The fourth-order valence-electron chi connectivity index (χ4n) is 1.99. The van der Waals surface area contributed by atoms with Gasteiger partial charge in [-0.3, -0.25) is 0 Å². The Morgan fingerprint density at radius 1 is 1.47 bits per heavy atom. The topological polar surface area (TPSA) is 21.3 Å². The average Bonchev–Trinajstić information content (AvgIpc) is 2.29. The van der Waals surface area contributed by atoms with E-state index in [1.54, 1.807) is 12.1 Å². The highest BCUT2D eigenvalue weighted by molar-refractivity contribution is 5.27. The molecule has 1 N–H and O–H groups in total. The summed E-state index contributed by atoms with van der Waals surface area (Å²) in [5.41, 5.74) is 0.969. The van der Waals surface area contributed by atoms with Gasteiger partial charge in [0.15, 0.2) is 0 Å². The lowest BCUT2D eigenvalue weighted by molar-refractivity contribution is 0.0167. The average molecular weight is 241 g/mol. The summed E-state index contributed by atoms with van der Waals surface area (Å²) in [4.78, 5) is 0. The van der Waals surface area contributed by atoms with E-state index in [-0.39, 0.29) is 11.7 Å². The third-order valence-electron chi connectivity index (χ3n) is 2.90. The number of rotatable bonds is 3. The van der Waals surface area contributed by atoms with Gasteiger partial charge in [0.2, 0.25) is 0 Å². The van der Waals surface area contributed by atoms with Crippen molar-refractivity contribution in [1.29, 1.82) is 0 Å². The molecule has 1 saturated heterocycles. The quantitative estimate of drug-likeness (QED) is 0.877. The number of benzene rings is 1. The maximum Gasteiger partial charge on any atom is 0.270 e. The normalized spacial score (nSPS) is 21.5. The summed E-state index contributed by atoms with van der Waals surface area (Å²) in [7, 11) is 0.